The van der Waals surface area contributed by atoms with Crippen molar-refractivity contribution in [3.8, 4) is 0 Å². The molecule has 0 aromatic carbocycles. The summed E-state index contributed by atoms with van der Waals surface area (Å²) in [6.45, 7) is 7.54. The van der Waals surface area contributed by atoms with Crippen LogP contribution in [0.2, 0.25) is 0 Å². The summed E-state index contributed by atoms with van der Waals surface area (Å²) in [4.78, 5) is 3.97. The molecule has 0 aromatic rings. The second-order valence-corrected chi connectivity index (χ2v) is 2.96. The minimum Gasteiger partial charge on any atom is -0.376 e. The molecule has 0 bridgehead atoms. The quantitative estimate of drug-likeness (QED) is 0.544. The summed E-state index contributed by atoms with van der Waals surface area (Å²) in [7, 11) is 1.77. The van der Waals surface area contributed by atoms with Gasteiger partial charge < -0.3 is 4.74 Å². The van der Waals surface area contributed by atoms with Gasteiger partial charge in [-0.1, -0.05) is 6.58 Å². The Hall–Kier alpha value is -0.890. The number of aliphatic imine (C=N–C) groups is 1. The lowest BCUT2D eigenvalue weighted by Crippen LogP contribution is -2.12. The standard InChI is InChI=1S/C10H15NO/c1-8-4-5-12-7-10(8)9(2)6-11-3/h6H,1,4-5,7H2,2-3H3/b10-9-,11-6?. The van der Waals surface area contributed by atoms with Crippen molar-refractivity contribution in [2.24, 2.45) is 4.99 Å². The molecule has 1 aliphatic heterocycles. The van der Waals surface area contributed by atoms with Crippen molar-refractivity contribution in [2.45, 2.75) is 13.3 Å². The largest absolute Gasteiger partial charge is 0.376 e. The van der Waals surface area contributed by atoms with Crippen LogP contribution in [0.3, 0.4) is 0 Å². The highest BCUT2D eigenvalue weighted by Crippen LogP contribution is 2.20. The summed E-state index contributed by atoms with van der Waals surface area (Å²) in [5.41, 5.74) is 3.58. The lowest BCUT2D eigenvalue weighted by molar-refractivity contribution is 0.145. The maximum Gasteiger partial charge on any atom is 0.0722 e. The molecule has 0 amide bonds. The molecule has 0 saturated carbocycles. The predicted octanol–water partition coefficient (Wildman–Crippen LogP) is 1.98. The number of hydrogen-bond donors (Lipinski definition) is 0. The van der Waals surface area contributed by atoms with Crippen molar-refractivity contribution in [1.29, 1.82) is 0 Å². The third-order valence-corrected chi connectivity index (χ3v) is 2.02. The van der Waals surface area contributed by atoms with Crippen LogP contribution in [0.1, 0.15) is 13.3 Å². The zero-order valence-corrected chi connectivity index (χ0v) is 7.76. The Morgan fingerprint density at radius 1 is 1.67 bits per heavy atom. The number of nitrogens with zero attached hydrogens (tertiary/aromatic N) is 1. The van der Waals surface area contributed by atoms with Gasteiger partial charge in [0.1, 0.15) is 0 Å². The topological polar surface area (TPSA) is 21.6 Å². The minimum absolute atomic E-state index is 0.691. The summed E-state index contributed by atoms with van der Waals surface area (Å²) < 4.78 is 5.34. The van der Waals surface area contributed by atoms with Gasteiger partial charge in [0.25, 0.3) is 0 Å². The first kappa shape index (κ1) is 9.20. The van der Waals surface area contributed by atoms with Crippen LogP contribution in [-0.4, -0.2) is 26.5 Å². The molecule has 1 saturated heterocycles. The van der Waals surface area contributed by atoms with Crippen LogP contribution in [0.15, 0.2) is 28.3 Å². The zero-order valence-electron chi connectivity index (χ0n) is 7.76. The lowest BCUT2D eigenvalue weighted by atomic mass is 9.99. The summed E-state index contributed by atoms with van der Waals surface area (Å²) in [5.74, 6) is 0. The fourth-order valence-corrected chi connectivity index (χ4v) is 1.29. The monoisotopic (exact) mass is 165 g/mol. The lowest BCUT2D eigenvalue weighted by Gasteiger charge is -2.18. The molecule has 66 valence electrons. The second kappa shape index (κ2) is 4.21. The van der Waals surface area contributed by atoms with Crippen molar-refractivity contribution >= 4 is 6.21 Å². The summed E-state index contributed by atoms with van der Waals surface area (Å²) in [6, 6.07) is 0. The summed E-state index contributed by atoms with van der Waals surface area (Å²) >= 11 is 0. The van der Waals surface area contributed by atoms with E-state index in [4.69, 9.17) is 4.74 Å². The van der Waals surface area contributed by atoms with E-state index in [1.54, 1.807) is 7.05 Å². The van der Waals surface area contributed by atoms with E-state index in [9.17, 15) is 0 Å². The predicted molar refractivity (Wildman–Crippen MR) is 51.7 cm³/mol. The molecule has 0 aliphatic carbocycles. The smallest absolute Gasteiger partial charge is 0.0722 e. The van der Waals surface area contributed by atoms with Gasteiger partial charge in [0.2, 0.25) is 0 Å². The van der Waals surface area contributed by atoms with Crippen LogP contribution in [0.4, 0.5) is 0 Å². The molecule has 1 aliphatic rings. The molecule has 0 radical (unpaired) electrons. The average molecular weight is 165 g/mol. The molecule has 1 rings (SSSR count). The summed E-state index contributed by atoms with van der Waals surface area (Å²) in [5, 5.41) is 0. The van der Waals surface area contributed by atoms with Gasteiger partial charge in [-0.05, 0) is 30.1 Å². The third kappa shape index (κ3) is 2.05. The molecular weight excluding hydrogens is 150 g/mol. The van der Waals surface area contributed by atoms with Crippen molar-refractivity contribution < 1.29 is 4.74 Å². The molecule has 12 heavy (non-hydrogen) atoms. The first-order valence-electron chi connectivity index (χ1n) is 4.13. The molecular formula is C10H15NO. The Labute approximate surface area is 73.6 Å². The molecule has 0 N–H and O–H groups in total. The van der Waals surface area contributed by atoms with Crippen LogP contribution < -0.4 is 0 Å². The molecule has 0 atom stereocenters. The van der Waals surface area contributed by atoms with Gasteiger partial charge in [0.05, 0.1) is 13.2 Å². The number of allylic oxidation sites excluding steroid dienone is 1. The van der Waals surface area contributed by atoms with E-state index in [1.807, 2.05) is 13.1 Å². The average Bonchev–Trinajstić information content (AvgIpc) is 2.05. The van der Waals surface area contributed by atoms with Crippen molar-refractivity contribution in [1.82, 2.24) is 0 Å². The van der Waals surface area contributed by atoms with Gasteiger partial charge in [-0.3, -0.25) is 4.99 Å². The first-order valence-corrected chi connectivity index (χ1v) is 4.13. The molecule has 1 heterocycles. The van der Waals surface area contributed by atoms with Gasteiger partial charge in [-0.15, -0.1) is 0 Å². The van der Waals surface area contributed by atoms with E-state index in [0.29, 0.717) is 6.61 Å². The fourth-order valence-electron chi connectivity index (χ4n) is 1.29. The molecule has 1 fully saturated rings. The van der Waals surface area contributed by atoms with E-state index in [0.717, 1.165) is 13.0 Å². The Bertz CT molecular complexity index is 238. The molecule has 2 heteroatoms. The van der Waals surface area contributed by atoms with Crippen molar-refractivity contribution in [3.63, 3.8) is 0 Å². The molecule has 0 spiro atoms. The van der Waals surface area contributed by atoms with Crippen molar-refractivity contribution in [3.05, 3.63) is 23.3 Å². The van der Waals surface area contributed by atoms with E-state index in [2.05, 4.69) is 11.6 Å². The Kier molecular flexibility index (Phi) is 3.23. The minimum atomic E-state index is 0.691. The maximum absolute atomic E-state index is 5.34. The zero-order chi connectivity index (χ0) is 8.97. The third-order valence-electron chi connectivity index (χ3n) is 2.02. The van der Waals surface area contributed by atoms with E-state index < -0.39 is 0 Å². The van der Waals surface area contributed by atoms with Gasteiger partial charge in [0.15, 0.2) is 0 Å². The highest BCUT2D eigenvalue weighted by molar-refractivity contribution is 5.80. The van der Waals surface area contributed by atoms with Gasteiger partial charge >= 0.3 is 0 Å². The molecule has 0 unspecified atom stereocenters. The van der Waals surface area contributed by atoms with Crippen LogP contribution >= 0.6 is 0 Å². The van der Waals surface area contributed by atoms with E-state index in [1.165, 1.54) is 16.7 Å². The van der Waals surface area contributed by atoms with Crippen LogP contribution in [-0.2, 0) is 4.74 Å². The van der Waals surface area contributed by atoms with Crippen LogP contribution in [0.5, 0.6) is 0 Å². The van der Waals surface area contributed by atoms with Gasteiger partial charge in [0, 0.05) is 13.3 Å². The fraction of sp³-hybridized carbons (Fsp3) is 0.500. The van der Waals surface area contributed by atoms with Gasteiger partial charge in [-0.2, -0.15) is 0 Å². The van der Waals surface area contributed by atoms with Crippen molar-refractivity contribution in [2.75, 3.05) is 20.3 Å². The van der Waals surface area contributed by atoms with Crippen LogP contribution in [0.25, 0.3) is 0 Å². The first-order chi connectivity index (χ1) is 5.75. The van der Waals surface area contributed by atoms with Crippen LogP contribution in [0, 0.1) is 0 Å². The highest BCUT2D eigenvalue weighted by atomic mass is 16.5. The van der Waals surface area contributed by atoms with E-state index in [-0.39, 0.29) is 0 Å². The highest BCUT2D eigenvalue weighted by Gasteiger charge is 2.11. The summed E-state index contributed by atoms with van der Waals surface area (Å²) in [6.07, 6.45) is 2.80. The number of rotatable bonds is 1. The molecule has 0 aromatic heterocycles. The number of hydrogen-bond acceptors (Lipinski definition) is 2. The molecule has 2 nitrogen and oxygen atoms in total. The Morgan fingerprint density at radius 2 is 2.42 bits per heavy atom. The Balaban J connectivity index is 2.82. The SMILES string of the molecule is C=C1CCOC/C1=C(\C)C=NC. The Morgan fingerprint density at radius 3 is 3.00 bits per heavy atom. The normalized spacial score (nSPS) is 23.3. The number of ether oxygens (including phenoxy) is 1. The second-order valence-electron chi connectivity index (χ2n) is 2.96. The van der Waals surface area contributed by atoms with Gasteiger partial charge in [-0.25, -0.2) is 0 Å². The van der Waals surface area contributed by atoms with E-state index >= 15 is 0 Å². The maximum atomic E-state index is 5.34.